The monoisotopic (exact) mass is 1050 g/mol. The Bertz CT molecular complexity index is 1840. The molecule has 414 valence electrons. The van der Waals surface area contributed by atoms with Gasteiger partial charge >= 0.3 is 25.7 Å². The number of rotatable bonds is 48. The van der Waals surface area contributed by atoms with Crippen molar-refractivity contribution >= 4 is 25.7 Å². The molecule has 3 unspecified atom stereocenters. The molecular weight excluding hydrogens is 952 g/mol. The molecule has 0 heterocycles. The van der Waals surface area contributed by atoms with E-state index in [-0.39, 0.29) is 19.3 Å². The summed E-state index contributed by atoms with van der Waals surface area (Å²) in [5, 5.41) is 9.79. The standard InChI is InChI=1S/C62H95O11P/c1-4-7-10-13-16-19-22-25-27-28-29-30-32-34-36-39-42-45-48-51-60(64)69-55-59(73-62(66)53-50-47-44-41-38-35-31-26-23-20-17-14-11-8-5-2)57-71-74(67,68)70-56-58(54-63)72-61(65)52-49-46-43-40-37-33-24-21-18-15-12-9-6-3/h7-8,10-12,15-17,19-21,24-27,29-31,34,36,38,41-42,45,47,50,58-59,63H,4-6,9,13-14,18,22-23,28,32-33,35,37,39-40,43-44,46,48-49,51-57H2,1-3H3,(H,67,68)/b10-7-,11-8-,15-12-,19-16-,20-17-,24-21-,27-25-,30-29-,31-26-,36-34-,41-38-,45-42-,50-47-. The molecule has 0 aliphatic rings. The van der Waals surface area contributed by atoms with Crippen molar-refractivity contribution in [2.24, 2.45) is 0 Å². The first kappa shape index (κ1) is 69.1. The lowest BCUT2D eigenvalue weighted by Gasteiger charge is -2.21. The number of carbonyl (C=O) groups excluding carboxylic acids is 3. The molecule has 0 spiro atoms. The predicted molar refractivity (Wildman–Crippen MR) is 306 cm³/mol. The molecule has 0 aliphatic heterocycles. The second-order valence-corrected chi connectivity index (χ2v) is 18.7. The third-order valence-corrected chi connectivity index (χ3v) is 11.4. The molecule has 11 nitrogen and oxygen atoms in total. The molecule has 0 rings (SSSR count). The van der Waals surface area contributed by atoms with E-state index in [4.69, 9.17) is 23.3 Å². The van der Waals surface area contributed by atoms with E-state index in [0.29, 0.717) is 19.3 Å². The number of ether oxygens (including phenoxy) is 3. The summed E-state index contributed by atoms with van der Waals surface area (Å²) >= 11 is 0. The van der Waals surface area contributed by atoms with Crippen molar-refractivity contribution in [3.05, 3.63) is 158 Å². The van der Waals surface area contributed by atoms with Gasteiger partial charge in [-0.15, -0.1) is 0 Å². The maximum atomic E-state index is 12.9. The van der Waals surface area contributed by atoms with Crippen LogP contribution in [-0.2, 0) is 42.2 Å². The first-order valence-electron chi connectivity index (χ1n) is 27.4. The Morgan fingerprint density at radius 1 is 0.405 bits per heavy atom. The molecule has 0 amide bonds. The van der Waals surface area contributed by atoms with Crippen molar-refractivity contribution in [1.29, 1.82) is 0 Å². The van der Waals surface area contributed by atoms with Gasteiger partial charge in [0.05, 0.1) is 26.2 Å². The van der Waals surface area contributed by atoms with Crippen LogP contribution in [0.3, 0.4) is 0 Å². The molecule has 0 aromatic rings. The van der Waals surface area contributed by atoms with Gasteiger partial charge in [0, 0.05) is 12.8 Å². The maximum Gasteiger partial charge on any atom is 0.472 e. The molecule has 0 radical (unpaired) electrons. The number of hydrogen-bond acceptors (Lipinski definition) is 10. The lowest BCUT2D eigenvalue weighted by molar-refractivity contribution is -0.160. The minimum absolute atomic E-state index is 0.0715. The summed E-state index contributed by atoms with van der Waals surface area (Å²) in [6.07, 6.45) is 71.1. The highest BCUT2D eigenvalue weighted by molar-refractivity contribution is 7.47. The largest absolute Gasteiger partial charge is 0.472 e. The molecule has 74 heavy (non-hydrogen) atoms. The van der Waals surface area contributed by atoms with Gasteiger partial charge in [0.25, 0.3) is 0 Å². The molecule has 12 heteroatoms. The van der Waals surface area contributed by atoms with Crippen LogP contribution in [0.2, 0.25) is 0 Å². The fraction of sp³-hybridized carbons (Fsp3) is 0.532. The zero-order valence-corrected chi connectivity index (χ0v) is 46.4. The average molecular weight is 1050 g/mol. The number of carbonyl (C=O) groups is 3. The van der Waals surface area contributed by atoms with Crippen molar-refractivity contribution in [3.8, 4) is 0 Å². The zero-order valence-electron chi connectivity index (χ0n) is 45.5. The SMILES string of the molecule is CC/C=C\C/C=C\C/C=C\C/C=C\C/C=C\C/C=C\CCC(=O)OCC(COP(=O)(O)OCC(CO)OC(=O)CCCCCCC/C=C\C/C=C\CCC)OC(=O)C/C=C\C/C=C\C/C=C\C/C=C\C/C=C\CC. The summed E-state index contributed by atoms with van der Waals surface area (Å²) in [4.78, 5) is 48.3. The van der Waals surface area contributed by atoms with Crippen LogP contribution in [0.5, 0.6) is 0 Å². The summed E-state index contributed by atoms with van der Waals surface area (Å²) in [6.45, 7) is 4.09. The van der Waals surface area contributed by atoms with Crippen LogP contribution < -0.4 is 0 Å². The number of allylic oxidation sites excluding steroid dienone is 25. The predicted octanol–water partition coefficient (Wildman–Crippen LogP) is 16.1. The van der Waals surface area contributed by atoms with Crippen LogP contribution in [0, 0.1) is 0 Å². The molecule has 0 bridgehead atoms. The van der Waals surface area contributed by atoms with Crippen LogP contribution in [-0.4, -0.2) is 66.5 Å². The van der Waals surface area contributed by atoms with Gasteiger partial charge in [-0.3, -0.25) is 23.4 Å². The van der Waals surface area contributed by atoms with Gasteiger partial charge in [-0.25, -0.2) is 4.57 Å². The third kappa shape index (κ3) is 52.0. The molecule has 0 aromatic heterocycles. The van der Waals surface area contributed by atoms with Gasteiger partial charge in [0.15, 0.2) is 6.10 Å². The smallest absolute Gasteiger partial charge is 0.462 e. The fourth-order valence-corrected chi connectivity index (χ4v) is 7.16. The number of phosphoric ester groups is 1. The molecule has 3 atom stereocenters. The first-order valence-corrected chi connectivity index (χ1v) is 28.9. The summed E-state index contributed by atoms with van der Waals surface area (Å²) in [5.74, 6) is -1.76. The zero-order chi connectivity index (χ0) is 54.1. The highest BCUT2D eigenvalue weighted by Gasteiger charge is 2.28. The second-order valence-electron chi connectivity index (χ2n) is 17.3. The van der Waals surface area contributed by atoms with E-state index < -0.39 is 64.4 Å². The van der Waals surface area contributed by atoms with E-state index in [1.807, 2.05) is 30.4 Å². The first-order chi connectivity index (χ1) is 36.2. The molecule has 0 aliphatic carbocycles. The van der Waals surface area contributed by atoms with E-state index in [1.54, 1.807) is 6.08 Å². The van der Waals surface area contributed by atoms with Crippen LogP contribution in [0.1, 0.15) is 175 Å². The van der Waals surface area contributed by atoms with E-state index in [0.717, 1.165) is 116 Å². The van der Waals surface area contributed by atoms with Crippen LogP contribution in [0.15, 0.2) is 158 Å². The quantitative estimate of drug-likeness (QED) is 0.0197. The van der Waals surface area contributed by atoms with Gasteiger partial charge in [-0.05, 0) is 109 Å². The minimum Gasteiger partial charge on any atom is -0.462 e. The van der Waals surface area contributed by atoms with Gasteiger partial charge in [-0.2, -0.15) is 0 Å². The normalized spacial score (nSPS) is 14.6. The summed E-state index contributed by atoms with van der Waals surface area (Å²) in [5.41, 5.74) is 0. The number of aliphatic hydroxyl groups is 1. The molecule has 2 N–H and O–H groups in total. The maximum absolute atomic E-state index is 12.9. The van der Waals surface area contributed by atoms with Crippen LogP contribution in [0.25, 0.3) is 0 Å². The van der Waals surface area contributed by atoms with Gasteiger partial charge in [0.2, 0.25) is 0 Å². The van der Waals surface area contributed by atoms with Gasteiger partial charge in [-0.1, -0.05) is 204 Å². The molecule has 0 fully saturated rings. The average Bonchev–Trinajstić information content (AvgIpc) is 3.39. The number of phosphoric acid groups is 1. The Labute approximate surface area is 447 Å². The lowest BCUT2D eigenvalue weighted by Crippen LogP contribution is -2.30. The van der Waals surface area contributed by atoms with E-state index in [2.05, 4.69) is 142 Å². The van der Waals surface area contributed by atoms with Crippen molar-refractivity contribution in [2.45, 2.75) is 187 Å². The molecule has 0 saturated heterocycles. The Hall–Kier alpha value is -4.90. The topological polar surface area (TPSA) is 155 Å². The van der Waals surface area contributed by atoms with Crippen molar-refractivity contribution in [1.82, 2.24) is 0 Å². The Morgan fingerprint density at radius 3 is 1.24 bits per heavy atom. The molecule has 0 aromatic carbocycles. The van der Waals surface area contributed by atoms with Gasteiger partial charge < -0.3 is 24.2 Å². The molecular formula is C62H95O11P. The summed E-state index contributed by atoms with van der Waals surface area (Å²) in [6, 6.07) is 0. The van der Waals surface area contributed by atoms with Crippen LogP contribution in [0.4, 0.5) is 0 Å². The van der Waals surface area contributed by atoms with Crippen molar-refractivity contribution in [2.75, 3.05) is 26.4 Å². The van der Waals surface area contributed by atoms with Gasteiger partial charge in [0.1, 0.15) is 12.7 Å². The third-order valence-electron chi connectivity index (χ3n) is 10.4. The van der Waals surface area contributed by atoms with E-state index in [1.165, 1.54) is 0 Å². The fourth-order valence-electron chi connectivity index (χ4n) is 6.38. The molecule has 0 saturated carbocycles. The number of unbranched alkanes of at least 4 members (excludes halogenated alkanes) is 6. The highest BCUT2D eigenvalue weighted by Crippen LogP contribution is 2.43. The van der Waals surface area contributed by atoms with Crippen molar-refractivity contribution in [3.63, 3.8) is 0 Å². The Morgan fingerprint density at radius 2 is 0.784 bits per heavy atom. The van der Waals surface area contributed by atoms with E-state index >= 15 is 0 Å². The lowest BCUT2D eigenvalue weighted by atomic mass is 10.1. The number of esters is 3. The van der Waals surface area contributed by atoms with Crippen LogP contribution >= 0.6 is 7.82 Å². The number of aliphatic hydroxyl groups excluding tert-OH is 1. The highest BCUT2D eigenvalue weighted by atomic mass is 31.2. The van der Waals surface area contributed by atoms with Crippen molar-refractivity contribution < 1.29 is 52.2 Å². The summed E-state index contributed by atoms with van der Waals surface area (Å²) in [7, 11) is -4.80. The minimum atomic E-state index is -4.80. The Kier molecular flexibility index (Phi) is 50.8. The number of hydrogen-bond donors (Lipinski definition) is 2. The second kappa shape index (κ2) is 54.4. The van der Waals surface area contributed by atoms with E-state index in [9.17, 15) is 28.9 Å². The Balaban J connectivity index is 4.99. The summed E-state index contributed by atoms with van der Waals surface area (Å²) < 4.78 is 39.2.